The number of carbonyl (C=O) groups is 2. The number of nitrogens with one attached hydrogen (secondary N) is 1. The van der Waals surface area contributed by atoms with E-state index in [0.29, 0.717) is 13.0 Å². The first kappa shape index (κ1) is 45.3. The molecule has 0 aromatic carbocycles. The molecule has 294 valence electrons. The lowest BCUT2D eigenvalue weighted by Gasteiger charge is -2.49. The Morgan fingerprint density at radius 1 is 0.588 bits per heavy atom. The van der Waals surface area contributed by atoms with Crippen molar-refractivity contribution < 1.29 is 9.59 Å². The number of nitrogens with zero attached hydrogens (tertiary/aromatic N) is 2. The van der Waals surface area contributed by atoms with Crippen molar-refractivity contribution in [3.8, 4) is 0 Å². The highest BCUT2D eigenvalue weighted by molar-refractivity contribution is 5.92. The lowest BCUT2D eigenvalue weighted by atomic mass is 9.74. The average molecular weight is 710 g/mol. The standard InChI is InChI=1S/C46H83N3O2/c1-3-5-7-9-11-13-15-17-19-21-23-25-27-29-31-33-39-47-45(51)46(37-34-38-46)49(43-42-48-40-35-41-48)44(50)36-32-30-28-26-24-22-20-18-16-14-12-10-8-6-4-2/h12,14,17-20H,3-11,13,15-16,21-43H2,1-2H3,(H,47,51)/b14-12-,19-17-,20-18-. The molecular weight excluding hydrogens is 627 g/mol. The van der Waals surface area contributed by atoms with Crippen molar-refractivity contribution in [3.05, 3.63) is 36.5 Å². The van der Waals surface area contributed by atoms with Gasteiger partial charge in [0.1, 0.15) is 5.54 Å². The third-order valence-electron chi connectivity index (χ3n) is 11.3. The van der Waals surface area contributed by atoms with Gasteiger partial charge in [0.15, 0.2) is 0 Å². The molecule has 5 heteroatoms. The maximum atomic E-state index is 13.7. The number of hydrogen-bond acceptors (Lipinski definition) is 3. The molecule has 0 spiro atoms. The largest absolute Gasteiger partial charge is 0.354 e. The summed E-state index contributed by atoms with van der Waals surface area (Å²) in [5.41, 5.74) is -0.610. The van der Waals surface area contributed by atoms with E-state index in [2.05, 4.69) is 60.5 Å². The Morgan fingerprint density at radius 3 is 1.57 bits per heavy atom. The van der Waals surface area contributed by atoms with Crippen LogP contribution < -0.4 is 5.32 Å². The normalized spacial score (nSPS) is 15.9. The van der Waals surface area contributed by atoms with E-state index in [1.54, 1.807) is 0 Å². The van der Waals surface area contributed by atoms with Gasteiger partial charge in [-0.25, -0.2) is 0 Å². The number of unbranched alkanes of at least 4 members (excludes halogenated alkanes) is 20. The zero-order valence-electron chi connectivity index (χ0n) is 33.9. The van der Waals surface area contributed by atoms with Gasteiger partial charge in [-0.2, -0.15) is 0 Å². The van der Waals surface area contributed by atoms with Crippen LogP contribution in [0.2, 0.25) is 0 Å². The van der Waals surface area contributed by atoms with Crippen LogP contribution in [0.25, 0.3) is 0 Å². The Morgan fingerprint density at radius 2 is 1.06 bits per heavy atom. The van der Waals surface area contributed by atoms with Crippen LogP contribution in [0.1, 0.15) is 206 Å². The summed E-state index contributed by atoms with van der Waals surface area (Å²) in [6.45, 7) is 9.12. The highest BCUT2D eigenvalue weighted by atomic mass is 16.2. The first-order valence-corrected chi connectivity index (χ1v) is 22.4. The molecule has 1 saturated heterocycles. The lowest BCUT2D eigenvalue weighted by molar-refractivity contribution is -0.154. The van der Waals surface area contributed by atoms with Crippen molar-refractivity contribution in [2.75, 3.05) is 32.7 Å². The second kappa shape index (κ2) is 31.6. The molecule has 0 aromatic rings. The highest BCUT2D eigenvalue weighted by Gasteiger charge is 2.50. The molecule has 2 amide bonds. The Labute approximate surface area is 316 Å². The van der Waals surface area contributed by atoms with Crippen molar-refractivity contribution in [3.63, 3.8) is 0 Å². The maximum absolute atomic E-state index is 13.7. The van der Waals surface area contributed by atoms with Gasteiger partial charge in [-0.05, 0) is 109 Å². The minimum atomic E-state index is -0.610. The fraction of sp³-hybridized carbons (Fsp3) is 0.826. The molecule has 1 heterocycles. The third-order valence-corrected chi connectivity index (χ3v) is 11.3. The van der Waals surface area contributed by atoms with Crippen LogP contribution >= 0.6 is 0 Å². The summed E-state index contributed by atoms with van der Waals surface area (Å²) in [7, 11) is 0. The molecule has 0 atom stereocenters. The molecule has 0 unspecified atom stereocenters. The summed E-state index contributed by atoms with van der Waals surface area (Å²) in [6, 6.07) is 0. The number of rotatable bonds is 35. The van der Waals surface area contributed by atoms with Crippen LogP contribution in [0.15, 0.2) is 36.5 Å². The second-order valence-corrected chi connectivity index (χ2v) is 15.8. The molecule has 1 aliphatic heterocycles. The fourth-order valence-electron chi connectivity index (χ4n) is 7.52. The molecule has 0 radical (unpaired) electrons. The summed E-state index contributed by atoms with van der Waals surface area (Å²) in [5, 5.41) is 3.28. The first-order valence-electron chi connectivity index (χ1n) is 22.4. The SMILES string of the molecule is CCCCC/C=C\C/C=C\CCCCCCCC(=O)N(CCN1CCC1)C1(C(=O)NCCCCCCCC/C=C\CCCCCCCC)CCC1. The molecule has 2 fully saturated rings. The van der Waals surface area contributed by atoms with Crippen LogP contribution in [-0.4, -0.2) is 59.9 Å². The number of amides is 2. The van der Waals surface area contributed by atoms with Gasteiger partial charge in [-0.1, -0.05) is 140 Å². The monoisotopic (exact) mass is 710 g/mol. The fourth-order valence-corrected chi connectivity index (χ4v) is 7.52. The minimum absolute atomic E-state index is 0.110. The van der Waals surface area contributed by atoms with Gasteiger partial charge in [-0.15, -0.1) is 0 Å². The average Bonchev–Trinajstić information content (AvgIpc) is 3.09. The van der Waals surface area contributed by atoms with Crippen molar-refractivity contribution in [2.24, 2.45) is 0 Å². The summed E-state index contributed by atoms with van der Waals surface area (Å²) >= 11 is 0. The predicted molar refractivity (Wildman–Crippen MR) is 221 cm³/mol. The van der Waals surface area contributed by atoms with E-state index in [-0.39, 0.29) is 11.8 Å². The van der Waals surface area contributed by atoms with Crippen LogP contribution in [0.4, 0.5) is 0 Å². The van der Waals surface area contributed by atoms with E-state index in [4.69, 9.17) is 0 Å². The topological polar surface area (TPSA) is 52.7 Å². The van der Waals surface area contributed by atoms with Crippen molar-refractivity contribution in [2.45, 2.75) is 212 Å². The van der Waals surface area contributed by atoms with Gasteiger partial charge in [0, 0.05) is 26.1 Å². The third kappa shape index (κ3) is 21.4. The van der Waals surface area contributed by atoms with Gasteiger partial charge in [-0.3, -0.25) is 9.59 Å². The van der Waals surface area contributed by atoms with Crippen molar-refractivity contribution in [1.29, 1.82) is 0 Å². The zero-order chi connectivity index (χ0) is 36.5. The van der Waals surface area contributed by atoms with E-state index in [1.165, 1.54) is 135 Å². The quantitative estimate of drug-likeness (QED) is 0.0526. The summed E-state index contributed by atoms with van der Waals surface area (Å²) in [5.74, 6) is 0.312. The highest BCUT2D eigenvalue weighted by Crippen LogP contribution is 2.39. The Hall–Kier alpha value is -1.88. The van der Waals surface area contributed by atoms with Gasteiger partial charge >= 0.3 is 0 Å². The van der Waals surface area contributed by atoms with E-state index in [0.717, 1.165) is 77.5 Å². The van der Waals surface area contributed by atoms with Gasteiger partial charge in [0.05, 0.1) is 0 Å². The number of allylic oxidation sites excluding steroid dienone is 6. The van der Waals surface area contributed by atoms with E-state index in [1.807, 2.05) is 4.90 Å². The van der Waals surface area contributed by atoms with Crippen LogP contribution in [0.3, 0.4) is 0 Å². The molecule has 1 saturated carbocycles. The van der Waals surface area contributed by atoms with E-state index >= 15 is 0 Å². The summed E-state index contributed by atoms with van der Waals surface area (Å²) in [4.78, 5) is 31.8. The van der Waals surface area contributed by atoms with E-state index < -0.39 is 5.54 Å². The smallest absolute Gasteiger partial charge is 0.245 e. The molecule has 5 nitrogen and oxygen atoms in total. The second-order valence-electron chi connectivity index (χ2n) is 15.8. The van der Waals surface area contributed by atoms with Crippen LogP contribution in [-0.2, 0) is 9.59 Å². The predicted octanol–water partition coefficient (Wildman–Crippen LogP) is 12.4. The van der Waals surface area contributed by atoms with Crippen LogP contribution in [0, 0.1) is 0 Å². The zero-order valence-corrected chi connectivity index (χ0v) is 33.9. The lowest BCUT2D eigenvalue weighted by Crippen LogP contribution is -2.65. The van der Waals surface area contributed by atoms with Gasteiger partial charge in [0.2, 0.25) is 11.8 Å². The Kier molecular flexibility index (Phi) is 28.1. The van der Waals surface area contributed by atoms with Crippen molar-refractivity contribution in [1.82, 2.24) is 15.1 Å². The maximum Gasteiger partial charge on any atom is 0.245 e. The molecule has 1 aliphatic carbocycles. The molecular formula is C46H83N3O2. The molecule has 2 aliphatic rings. The molecule has 51 heavy (non-hydrogen) atoms. The number of hydrogen-bond donors (Lipinski definition) is 1. The molecule has 0 bridgehead atoms. The number of likely N-dealkylation sites (tertiary alicyclic amines) is 1. The Balaban J connectivity index is 1.59. The van der Waals surface area contributed by atoms with Crippen LogP contribution in [0.5, 0.6) is 0 Å². The van der Waals surface area contributed by atoms with Gasteiger partial charge in [0.25, 0.3) is 0 Å². The van der Waals surface area contributed by atoms with Gasteiger partial charge < -0.3 is 15.1 Å². The number of carbonyl (C=O) groups excluding carboxylic acids is 2. The van der Waals surface area contributed by atoms with E-state index in [9.17, 15) is 9.59 Å². The molecule has 2 rings (SSSR count). The Bertz CT molecular complexity index is 933. The summed E-state index contributed by atoms with van der Waals surface area (Å²) in [6.07, 6.45) is 49.7. The first-order chi connectivity index (χ1) is 25.1. The molecule has 0 aromatic heterocycles. The molecule has 1 N–H and O–H groups in total. The minimum Gasteiger partial charge on any atom is -0.354 e. The summed E-state index contributed by atoms with van der Waals surface area (Å²) < 4.78 is 0. The van der Waals surface area contributed by atoms with Crippen molar-refractivity contribution >= 4 is 11.8 Å².